The topological polar surface area (TPSA) is 61.8 Å². The maximum absolute atomic E-state index is 14.3. The fraction of sp³-hybridized carbons (Fsp3) is 0.500. The number of carbonyl (C=O) groups excluding carboxylic acids is 2. The van der Waals surface area contributed by atoms with E-state index in [-0.39, 0.29) is 5.92 Å². The molecule has 0 spiro atoms. The van der Waals surface area contributed by atoms with Crippen LogP contribution in [0.1, 0.15) is 31.9 Å². The van der Waals surface area contributed by atoms with Crippen LogP contribution in [0.15, 0.2) is 11.6 Å². The number of hydrogen-bond donors (Lipinski definition) is 0. The second kappa shape index (κ2) is 8.75. The molecule has 0 aromatic heterocycles. The van der Waals surface area contributed by atoms with Crippen molar-refractivity contribution in [3.8, 4) is 0 Å². The first-order valence-corrected chi connectivity index (χ1v) is 9.12. The van der Waals surface area contributed by atoms with E-state index >= 15 is 0 Å². The van der Waals surface area contributed by atoms with Gasteiger partial charge in [-0.1, -0.05) is 31.5 Å². The van der Waals surface area contributed by atoms with Gasteiger partial charge < -0.3 is 14.2 Å². The van der Waals surface area contributed by atoms with Gasteiger partial charge in [-0.05, 0) is 18.3 Å². The van der Waals surface area contributed by atoms with E-state index in [1.54, 1.807) is 26.8 Å². The SMILES string of the molecule is COCc1c(F)c(F)c(COC(=O)[C@@H]2[C@@H](/C=C(\C)C(=O)OC)C2(C)C)c(Cl)c1F. The van der Waals surface area contributed by atoms with Crippen molar-refractivity contribution in [3.05, 3.63) is 45.3 Å². The highest BCUT2D eigenvalue weighted by atomic mass is 35.5. The monoisotopic (exact) mass is 434 g/mol. The molecule has 0 unspecified atom stereocenters. The van der Waals surface area contributed by atoms with Crippen molar-refractivity contribution in [3.63, 3.8) is 0 Å². The minimum Gasteiger partial charge on any atom is -0.466 e. The highest BCUT2D eigenvalue weighted by molar-refractivity contribution is 6.31. The van der Waals surface area contributed by atoms with E-state index in [2.05, 4.69) is 9.47 Å². The number of allylic oxidation sites excluding steroid dienone is 1. The molecule has 0 aliphatic heterocycles. The van der Waals surface area contributed by atoms with Crippen LogP contribution in [0.2, 0.25) is 5.02 Å². The van der Waals surface area contributed by atoms with Crippen LogP contribution in [0.5, 0.6) is 0 Å². The van der Waals surface area contributed by atoms with Crippen molar-refractivity contribution in [2.24, 2.45) is 17.3 Å². The van der Waals surface area contributed by atoms with E-state index < -0.39 is 70.1 Å². The van der Waals surface area contributed by atoms with Crippen molar-refractivity contribution in [2.45, 2.75) is 34.0 Å². The van der Waals surface area contributed by atoms with Gasteiger partial charge in [0.1, 0.15) is 6.61 Å². The lowest BCUT2D eigenvalue weighted by atomic mass is 10.1. The van der Waals surface area contributed by atoms with Crippen LogP contribution < -0.4 is 0 Å². The van der Waals surface area contributed by atoms with Gasteiger partial charge in [-0.25, -0.2) is 18.0 Å². The van der Waals surface area contributed by atoms with Crippen molar-refractivity contribution < 1.29 is 37.0 Å². The Morgan fingerprint density at radius 2 is 1.66 bits per heavy atom. The minimum atomic E-state index is -1.44. The Labute approximate surface area is 171 Å². The molecule has 1 aliphatic carbocycles. The van der Waals surface area contributed by atoms with Crippen LogP contribution in [-0.2, 0) is 37.0 Å². The molecular weight excluding hydrogens is 413 g/mol. The Bertz CT molecular complexity index is 837. The fourth-order valence-corrected chi connectivity index (χ4v) is 3.54. The molecule has 2 atom stereocenters. The van der Waals surface area contributed by atoms with Crippen molar-refractivity contribution in [2.75, 3.05) is 14.2 Å². The van der Waals surface area contributed by atoms with Crippen LogP contribution in [0.25, 0.3) is 0 Å². The standard InChI is InChI=1S/C20H22ClF3O5/c1-9(18(25)28-5)6-12-13(20(12,2)3)19(26)29-8-10-14(21)15(22)11(7-27-4)17(24)16(10)23/h6,12-13H,7-8H2,1-5H3/b9-6+/t12-,13+/m1/s1. The molecule has 1 aromatic carbocycles. The smallest absolute Gasteiger partial charge is 0.333 e. The molecule has 0 saturated heterocycles. The van der Waals surface area contributed by atoms with E-state index in [1.807, 2.05) is 0 Å². The number of ether oxygens (including phenoxy) is 3. The maximum Gasteiger partial charge on any atom is 0.333 e. The van der Waals surface area contributed by atoms with Gasteiger partial charge in [-0.15, -0.1) is 0 Å². The lowest BCUT2D eigenvalue weighted by molar-refractivity contribution is -0.147. The van der Waals surface area contributed by atoms with Gasteiger partial charge in [0.25, 0.3) is 0 Å². The summed E-state index contributed by atoms with van der Waals surface area (Å²) in [5.74, 6) is -6.12. The number of esters is 2. The van der Waals surface area contributed by atoms with Gasteiger partial charge in [0.05, 0.1) is 30.2 Å². The molecule has 0 amide bonds. The quantitative estimate of drug-likeness (QED) is 0.363. The number of carbonyl (C=O) groups is 2. The summed E-state index contributed by atoms with van der Waals surface area (Å²) in [4.78, 5) is 24.0. The number of methoxy groups -OCH3 is 2. The van der Waals surface area contributed by atoms with Gasteiger partial charge in [0.2, 0.25) is 0 Å². The Hall–Kier alpha value is -2.06. The van der Waals surface area contributed by atoms with Gasteiger partial charge in [0.15, 0.2) is 17.5 Å². The predicted octanol–water partition coefficient (Wildman–Crippen LogP) is 4.34. The molecule has 0 radical (unpaired) electrons. The van der Waals surface area contributed by atoms with Gasteiger partial charge in [-0.3, -0.25) is 4.79 Å². The first kappa shape index (κ1) is 23.2. The molecule has 9 heteroatoms. The molecule has 1 saturated carbocycles. The Morgan fingerprint density at radius 3 is 2.21 bits per heavy atom. The molecule has 29 heavy (non-hydrogen) atoms. The summed E-state index contributed by atoms with van der Waals surface area (Å²) in [6.07, 6.45) is 1.62. The average Bonchev–Trinajstić information content (AvgIpc) is 3.22. The molecule has 0 bridgehead atoms. The highest BCUT2D eigenvalue weighted by Crippen LogP contribution is 2.60. The summed E-state index contributed by atoms with van der Waals surface area (Å²) in [6.45, 7) is 3.93. The third-order valence-electron chi connectivity index (χ3n) is 5.19. The Balaban J connectivity index is 2.17. The minimum absolute atomic E-state index is 0.299. The van der Waals surface area contributed by atoms with E-state index in [1.165, 1.54) is 14.2 Å². The number of hydrogen-bond acceptors (Lipinski definition) is 5. The summed E-state index contributed by atoms with van der Waals surface area (Å²) in [7, 11) is 2.45. The zero-order chi connectivity index (χ0) is 22.1. The molecule has 0 heterocycles. The molecule has 0 N–H and O–H groups in total. The number of rotatable bonds is 7. The Kier molecular flexibility index (Phi) is 7.01. The highest BCUT2D eigenvalue weighted by Gasteiger charge is 2.61. The van der Waals surface area contributed by atoms with Crippen LogP contribution in [0.4, 0.5) is 13.2 Å². The van der Waals surface area contributed by atoms with Crippen molar-refractivity contribution in [1.82, 2.24) is 0 Å². The third-order valence-corrected chi connectivity index (χ3v) is 5.59. The van der Waals surface area contributed by atoms with Crippen LogP contribution in [-0.4, -0.2) is 26.2 Å². The second-order valence-electron chi connectivity index (χ2n) is 7.42. The summed E-state index contributed by atoms with van der Waals surface area (Å²) in [6, 6.07) is 0. The van der Waals surface area contributed by atoms with E-state index in [9.17, 15) is 22.8 Å². The van der Waals surface area contributed by atoms with Crippen molar-refractivity contribution in [1.29, 1.82) is 0 Å². The first-order chi connectivity index (χ1) is 13.5. The first-order valence-electron chi connectivity index (χ1n) is 8.74. The molecule has 1 fully saturated rings. The molecule has 5 nitrogen and oxygen atoms in total. The van der Waals surface area contributed by atoms with E-state index in [0.29, 0.717) is 5.57 Å². The lowest BCUT2D eigenvalue weighted by Crippen LogP contribution is -2.13. The molecule has 1 aromatic rings. The predicted molar refractivity (Wildman–Crippen MR) is 98.4 cm³/mol. The van der Waals surface area contributed by atoms with Crippen LogP contribution in [0.3, 0.4) is 0 Å². The molecule has 2 rings (SSSR count). The summed E-state index contributed by atoms with van der Waals surface area (Å²) in [5.41, 5.74) is -1.40. The lowest BCUT2D eigenvalue weighted by Gasteiger charge is -2.13. The largest absolute Gasteiger partial charge is 0.466 e. The molecule has 160 valence electrons. The zero-order valence-electron chi connectivity index (χ0n) is 16.7. The van der Waals surface area contributed by atoms with Crippen molar-refractivity contribution >= 4 is 23.5 Å². The normalized spacial score (nSPS) is 20.4. The number of benzene rings is 1. The average molecular weight is 435 g/mol. The van der Waals surface area contributed by atoms with Crippen LogP contribution in [0, 0.1) is 34.7 Å². The summed E-state index contributed by atoms with van der Waals surface area (Å²) < 4.78 is 56.9. The third kappa shape index (κ3) is 4.43. The van der Waals surface area contributed by atoms with Gasteiger partial charge in [-0.2, -0.15) is 0 Å². The van der Waals surface area contributed by atoms with Gasteiger partial charge in [0, 0.05) is 18.2 Å². The van der Waals surface area contributed by atoms with Crippen LogP contribution >= 0.6 is 11.6 Å². The summed E-state index contributed by atoms with van der Waals surface area (Å²) >= 11 is 5.80. The maximum atomic E-state index is 14.3. The zero-order valence-corrected chi connectivity index (χ0v) is 17.5. The van der Waals surface area contributed by atoms with E-state index in [0.717, 1.165) is 0 Å². The summed E-state index contributed by atoms with van der Waals surface area (Å²) in [5, 5.41) is -0.670. The molecular formula is C20H22ClF3O5. The Morgan fingerprint density at radius 1 is 1.07 bits per heavy atom. The van der Waals surface area contributed by atoms with E-state index in [4.69, 9.17) is 16.3 Å². The number of halogens is 4. The van der Waals surface area contributed by atoms with Gasteiger partial charge >= 0.3 is 11.9 Å². The fourth-order valence-electron chi connectivity index (χ4n) is 3.29. The molecule has 1 aliphatic rings. The second-order valence-corrected chi connectivity index (χ2v) is 7.80.